The predicted octanol–water partition coefficient (Wildman–Crippen LogP) is 1.34. The number of halogens is 1. The molecule has 0 aliphatic heterocycles. The number of benzene rings is 1. The van der Waals surface area contributed by atoms with E-state index in [0.29, 0.717) is 12.5 Å². The van der Waals surface area contributed by atoms with Gasteiger partial charge in [-0.15, -0.1) is 0 Å². The second kappa shape index (κ2) is 7.17. The molecule has 0 bridgehead atoms. The predicted molar refractivity (Wildman–Crippen MR) is 77.6 cm³/mol. The second-order valence-corrected chi connectivity index (χ2v) is 7.00. The molecule has 0 aromatic heterocycles. The number of hydrogen-bond acceptors (Lipinski definition) is 4. The molecule has 1 saturated carbocycles. The normalized spacial score (nSPS) is 16.3. The van der Waals surface area contributed by atoms with E-state index in [4.69, 9.17) is 4.84 Å². The van der Waals surface area contributed by atoms with Gasteiger partial charge in [0.05, 0.1) is 6.61 Å². The maximum absolute atomic E-state index is 13.5. The summed E-state index contributed by atoms with van der Waals surface area (Å²) in [6.45, 7) is 1.75. The summed E-state index contributed by atoms with van der Waals surface area (Å²) in [5, 5.41) is 0. The van der Waals surface area contributed by atoms with Crippen molar-refractivity contribution in [3.63, 3.8) is 0 Å². The molecule has 0 unspecified atom stereocenters. The smallest absolute Gasteiger partial charge is 0.261 e. The fraction of sp³-hybridized carbons (Fsp3) is 0.500. The number of hydrogen-bond donors (Lipinski definition) is 2. The molecule has 1 aliphatic carbocycles. The van der Waals surface area contributed by atoms with E-state index < -0.39 is 32.7 Å². The van der Waals surface area contributed by atoms with Gasteiger partial charge >= 0.3 is 0 Å². The van der Waals surface area contributed by atoms with Crippen molar-refractivity contribution in [3.05, 3.63) is 30.1 Å². The van der Waals surface area contributed by atoms with Crippen molar-refractivity contribution in [2.75, 3.05) is 6.61 Å². The van der Waals surface area contributed by atoms with Gasteiger partial charge in [0.15, 0.2) is 0 Å². The summed E-state index contributed by atoms with van der Waals surface area (Å²) >= 11 is 0. The Morgan fingerprint density at radius 1 is 1.41 bits per heavy atom. The Kier molecular flexibility index (Phi) is 5.49. The van der Waals surface area contributed by atoms with Crippen LogP contribution in [0.5, 0.6) is 0 Å². The molecule has 22 heavy (non-hydrogen) atoms. The van der Waals surface area contributed by atoms with Crippen LogP contribution in [-0.2, 0) is 19.7 Å². The Balaban J connectivity index is 1.85. The average molecular weight is 330 g/mol. The first kappa shape index (κ1) is 16.9. The molecule has 1 aromatic carbocycles. The van der Waals surface area contributed by atoms with Gasteiger partial charge in [-0.3, -0.25) is 9.63 Å². The van der Waals surface area contributed by atoms with Crippen molar-refractivity contribution in [1.29, 1.82) is 0 Å². The third-order valence-corrected chi connectivity index (χ3v) is 4.92. The highest BCUT2D eigenvalue weighted by molar-refractivity contribution is 7.89. The van der Waals surface area contributed by atoms with E-state index >= 15 is 0 Å². The Labute approximate surface area is 129 Å². The fourth-order valence-electron chi connectivity index (χ4n) is 1.86. The number of hydroxylamine groups is 1. The Hall–Kier alpha value is -1.51. The van der Waals surface area contributed by atoms with Crippen LogP contribution >= 0.6 is 0 Å². The van der Waals surface area contributed by atoms with Gasteiger partial charge in [-0.2, -0.15) is 4.72 Å². The van der Waals surface area contributed by atoms with Crippen molar-refractivity contribution in [3.8, 4) is 0 Å². The lowest BCUT2D eigenvalue weighted by Crippen LogP contribution is -2.44. The van der Waals surface area contributed by atoms with E-state index in [1.165, 1.54) is 31.9 Å². The van der Waals surface area contributed by atoms with Crippen molar-refractivity contribution in [1.82, 2.24) is 10.2 Å². The molecule has 122 valence electrons. The summed E-state index contributed by atoms with van der Waals surface area (Å²) in [4.78, 5) is 16.2. The van der Waals surface area contributed by atoms with Gasteiger partial charge in [-0.1, -0.05) is 25.0 Å². The number of carbonyl (C=O) groups excluding carboxylic acids is 1. The second-order valence-electron chi connectivity index (χ2n) is 5.32. The monoisotopic (exact) mass is 330 g/mol. The van der Waals surface area contributed by atoms with Crippen LogP contribution < -0.4 is 10.2 Å². The van der Waals surface area contributed by atoms with Crippen LogP contribution in [0, 0.1) is 11.7 Å². The van der Waals surface area contributed by atoms with Crippen LogP contribution in [0.2, 0.25) is 0 Å². The van der Waals surface area contributed by atoms with Crippen molar-refractivity contribution in [2.45, 2.75) is 37.1 Å². The molecule has 8 heteroatoms. The van der Waals surface area contributed by atoms with E-state index in [1.807, 2.05) is 0 Å². The lowest BCUT2D eigenvalue weighted by molar-refractivity contribution is -0.135. The van der Waals surface area contributed by atoms with Crippen molar-refractivity contribution < 1.29 is 22.4 Å². The Morgan fingerprint density at radius 3 is 2.73 bits per heavy atom. The first-order valence-electron chi connectivity index (χ1n) is 7.08. The molecule has 1 fully saturated rings. The van der Waals surface area contributed by atoms with Gasteiger partial charge in [-0.05, 0) is 31.4 Å². The molecule has 2 rings (SSSR count). The molecule has 2 N–H and O–H groups in total. The summed E-state index contributed by atoms with van der Waals surface area (Å²) in [5.74, 6) is -0.826. The summed E-state index contributed by atoms with van der Waals surface area (Å²) < 4.78 is 39.7. The van der Waals surface area contributed by atoms with E-state index in [-0.39, 0.29) is 0 Å². The molecule has 0 heterocycles. The number of carbonyl (C=O) groups is 1. The maximum Gasteiger partial charge on any atom is 0.261 e. The first-order chi connectivity index (χ1) is 10.4. The van der Waals surface area contributed by atoms with Crippen LogP contribution in [0.1, 0.15) is 26.2 Å². The average Bonchev–Trinajstić information content (AvgIpc) is 3.27. The molecule has 0 saturated heterocycles. The minimum Gasteiger partial charge on any atom is -0.274 e. The standard InChI is InChI=1S/C14H19FN2O4S/c1-10(14(18)16-21-9-8-11-6-7-11)17-22(19,20)13-5-3-2-4-12(13)15/h2-5,10-11,17H,6-9H2,1H3,(H,16,18)/t10-/m0/s1. The van der Waals surface area contributed by atoms with E-state index in [2.05, 4.69) is 10.2 Å². The van der Waals surface area contributed by atoms with Crippen LogP contribution in [-0.4, -0.2) is 27.0 Å². The highest BCUT2D eigenvalue weighted by atomic mass is 32.2. The molecule has 6 nitrogen and oxygen atoms in total. The molecule has 1 atom stereocenters. The SMILES string of the molecule is C[C@H](NS(=O)(=O)c1ccccc1F)C(=O)NOCCC1CC1. The maximum atomic E-state index is 13.5. The number of nitrogens with one attached hydrogen (secondary N) is 2. The first-order valence-corrected chi connectivity index (χ1v) is 8.57. The van der Waals surface area contributed by atoms with Crippen molar-refractivity contribution >= 4 is 15.9 Å². The third-order valence-electron chi connectivity index (χ3n) is 3.35. The topological polar surface area (TPSA) is 84.5 Å². The highest BCUT2D eigenvalue weighted by Crippen LogP contribution is 2.31. The number of rotatable bonds is 8. The van der Waals surface area contributed by atoms with Crippen LogP contribution in [0.4, 0.5) is 4.39 Å². The van der Waals surface area contributed by atoms with Gasteiger partial charge in [0.2, 0.25) is 10.0 Å². The zero-order chi connectivity index (χ0) is 16.2. The Bertz CT molecular complexity index is 631. The van der Waals surface area contributed by atoms with Gasteiger partial charge in [0.1, 0.15) is 16.8 Å². The lowest BCUT2D eigenvalue weighted by atomic mass is 10.3. The molecule has 1 amide bonds. The molecule has 1 aliphatic rings. The third kappa shape index (κ3) is 4.75. The van der Waals surface area contributed by atoms with Gasteiger partial charge < -0.3 is 0 Å². The van der Waals surface area contributed by atoms with Gasteiger partial charge in [0, 0.05) is 0 Å². The van der Waals surface area contributed by atoms with Crippen LogP contribution in [0.3, 0.4) is 0 Å². The molecule has 0 radical (unpaired) electrons. The molecular formula is C14H19FN2O4S. The van der Waals surface area contributed by atoms with E-state index in [1.54, 1.807) is 0 Å². The quantitative estimate of drug-likeness (QED) is 0.556. The van der Waals surface area contributed by atoms with Gasteiger partial charge in [-0.25, -0.2) is 18.3 Å². The van der Waals surface area contributed by atoms with E-state index in [0.717, 1.165) is 18.6 Å². The Morgan fingerprint density at radius 2 is 2.09 bits per heavy atom. The minimum atomic E-state index is -4.11. The van der Waals surface area contributed by atoms with Crippen LogP contribution in [0.15, 0.2) is 29.2 Å². The summed E-state index contributed by atoms with van der Waals surface area (Å²) in [6.07, 6.45) is 3.25. The van der Waals surface area contributed by atoms with Crippen molar-refractivity contribution in [2.24, 2.45) is 5.92 Å². The highest BCUT2D eigenvalue weighted by Gasteiger charge is 2.25. The number of amides is 1. The van der Waals surface area contributed by atoms with E-state index in [9.17, 15) is 17.6 Å². The zero-order valence-corrected chi connectivity index (χ0v) is 13.0. The largest absolute Gasteiger partial charge is 0.274 e. The minimum absolute atomic E-state index is 0.392. The fourth-order valence-corrected chi connectivity index (χ4v) is 3.14. The van der Waals surface area contributed by atoms with Gasteiger partial charge in [0.25, 0.3) is 5.91 Å². The summed E-state index contributed by atoms with van der Waals surface area (Å²) in [5.41, 5.74) is 2.19. The lowest BCUT2D eigenvalue weighted by Gasteiger charge is -2.14. The summed E-state index contributed by atoms with van der Waals surface area (Å²) in [7, 11) is -4.11. The number of sulfonamides is 1. The molecule has 0 spiro atoms. The summed E-state index contributed by atoms with van der Waals surface area (Å²) in [6, 6.07) is 3.89. The molecule has 1 aromatic rings. The zero-order valence-electron chi connectivity index (χ0n) is 12.2. The molecular weight excluding hydrogens is 311 g/mol. The van der Waals surface area contributed by atoms with Crippen LogP contribution in [0.25, 0.3) is 0 Å².